The van der Waals surface area contributed by atoms with Crippen molar-refractivity contribution in [1.29, 1.82) is 0 Å². The fourth-order valence-corrected chi connectivity index (χ4v) is 4.76. The zero-order chi connectivity index (χ0) is 27.0. The van der Waals surface area contributed by atoms with Gasteiger partial charge in [-0.2, -0.15) is 13.2 Å². The third-order valence-corrected chi connectivity index (χ3v) is 7.07. The number of rotatable bonds is 7. The van der Waals surface area contributed by atoms with Crippen molar-refractivity contribution in [3.8, 4) is 0 Å². The number of alkyl halides is 3. The highest BCUT2D eigenvalue weighted by atomic mass is 19.4. The molecule has 5 nitrogen and oxygen atoms in total. The fraction of sp³-hybridized carbons (Fsp3) is 0.345. The van der Waals surface area contributed by atoms with E-state index >= 15 is 0 Å². The summed E-state index contributed by atoms with van der Waals surface area (Å²) in [5, 5.41) is 7.81. The Labute approximate surface area is 213 Å². The predicted molar refractivity (Wildman–Crippen MR) is 137 cm³/mol. The predicted octanol–water partition coefficient (Wildman–Crippen LogP) is 6.45. The maximum Gasteiger partial charge on any atom is 0.435 e. The van der Waals surface area contributed by atoms with Gasteiger partial charge in [0.25, 0.3) is 5.60 Å². The van der Waals surface area contributed by atoms with Crippen LogP contribution in [0.2, 0.25) is 0 Å². The Hall–Kier alpha value is -3.68. The molecular formula is C29H29F3N2O3. The summed E-state index contributed by atoms with van der Waals surface area (Å²) in [6.07, 6.45) is -5.11. The molecule has 1 unspecified atom stereocenters. The van der Waals surface area contributed by atoms with Gasteiger partial charge < -0.3 is 10.2 Å². The first-order valence-corrected chi connectivity index (χ1v) is 12.2. The summed E-state index contributed by atoms with van der Waals surface area (Å²) < 4.78 is 43.7. The summed E-state index contributed by atoms with van der Waals surface area (Å²) in [5.74, 6) is -0.423. The number of ketones is 1. The van der Waals surface area contributed by atoms with Gasteiger partial charge in [0.05, 0.1) is 5.71 Å². The van der Waals surface area contributed by atoms with E-state index < -0.39 is 18.2 Å². The number of aryl methyl sites for hydroxylation is 2. The van der Waals surface area contributed by atoms with Crippen molar-refractivity contribution < 1.29 is 27.6 Å². The Kier molecular flexibility index (Phi) is 7.13. The van der Waals surface area contributed by atoms with Gasteiger partial charge in [-0.3, -0.25) is 9.59 Å². The van der Waals surface area contributed by atoms with E-state index in [1.165, 1.54) is 12.1 Å². The molecule has 1 amide bonds. The van der Waals surface area contributed by atoms with Crippen LogP contribution < -0.4 is 5.32 Å². The lowest BCUT2D eigenvalue weighted by Gasteiger charge is -2.30. The maximum absolute atomic E-state index is 14.6. The second-order valence-electron chi connectivity index (χ2n) is 9.45. The van der Waals surface area contributed by atoms with Crippen LogP contribution in [0.25, 0.3) is 10.8 Å². The van der Waals surface area contributed by atoms with E-state index in [2.05, 4.69) is 10.5 Å². The first-order valence-electron chi connectivity index (χ1n) is 12.2. The standard InChI is InChI=1S/C29H29F3N2O3/c1-5-33-27(36)13-12-26(35)24-11-10-23(21-8-6-7-9-22(21)24)25-16-28(37-34-25,29(30,31)32)20-14-17(2)19(4)18(3)15-20/h6-11,14-15H,5,12-13,16H2,1-4H3,(H,33,36). The number of hydrogen-bond donors (Lipinski definition) is 1. The number of halogens is 3. The van der Waals surface area contributed by atoms with Gasteiger partial charge in [0, 0.05) is 42.5 Å². The molecular weight excluding hydrogens is 481 g/mol. The van der Waals surface area contributed by atoms with Crippen LogP contribution in [0.3, 0.4) is 0 Å². The van der Waals surface area contributed by atoms with E-state index in [1.54, 1.807) is 57.2 Å². The number of amides is 1. The number of nitrogens with one attached hydrogen (secondary N) is 1. The average Bonchev–Trinajstić information content (AvgIpc) is 3.32. The number of nitrogens with zero attached hydrogens (tertiary/aromatic N) is 1. The van der Waals surface area contributed by atoms with Crippen LogP contribution in [0.15, 0.2) is 53.7 Å². The van der Waals surface area contributed by atoms with Crippen molar-refractivity contribution >= 4 is 28.2 Å². The zero-order valence-electron chi connectivity index (χ0n) is 21.3. The quantitative estimate of drug-likeness (QED) is 0.372. The summed E-state index contributed by atoms with van der Waals surface area (Å²) >= 11 is 0. The highest BCUT2D eigenvalue weighted by Crippen LogP contribution is 2.49. The van der Waals surface area contributed by atoms with Crippen LogP contribution >= 0.6 is 0 Å². The van der Waals surface area contributed by atoms with E-state index in [9.17, 15) is 22.8 Å². The minimum absolute atomic E-state index is 0.0146. The molecule has 1 N–H and O–H groups in total. The lowest BCUT2D eigenvalue weighted by atomic mass is 9.83. The highest BCUT2D eigenvalue weighted by Gasteiger charge is 2.62. The second kappa shape index (κ2) is 10.00. The number of fused-ring (bicyclic) bond motifs is 1. The van der Waals surface area contributed by atoms with Crippen LogP contribution in [-0.2, 0) is 15.2 Å². The van der Waals surface area contributed by atoms with Gasteiger partial charge in [-0.1, -0.05) is 53.7 Å². The number of carbonyl (C=O) groups is 2. The number of hydrogen-bond acceptors (Lipinski definition) is 4. The SMILES string of the molecule is CCNC(=O)CCC(=O)c1ccc(C2=NOC(c3cc(C)c(C)c(C)c3)(C(F)(F)F)C2)c2ccccc12. The molecule has 0 spiro atoms. The fourth-order valence-electron chi connectivity index (χ4n) is 4.76. The lowest BCUT2D eigenvalue weighted by Crippen LogP contribution is -2.42. The Morgan fingerprint density at radius 1 is 1.00 bits per heavy atom. The van der Waals surface area contributed by atoms with Gasteiger partial charge in [0.2, 0.25) is 5.91 Å². The average molecular weight is 511 g/mol. The van der Waals surface area contributed by atoms with Crippen molar-refractivity contribution in [2.45, 2.75) is 58.7 Å². The summed E-state index contributed by atoms with van der Waals surface area (Å²) in [5.41, 5.74) is 0.879. The molecule has 37 heavy (non-hydrogen) atoms. The topological polar surface area (TPSA) is 67.8 Å². The lowest BCUT2D eigenvalue weighted by molar-refractivity contribution is -0.275. The maximum atomic E-state index is 14.6. The zero-order valence-corrected chi connectivity index (χ0v) is 21.3. The molecule has 1 atom stereocenters. The van der Waals surface area contributed by atoms with E-state index in [0.717, 1.165) is 16.7 Å². The third kappa shape index (κ3) is 4.84. The Balaban J connectivity index is 1.72. The molecule has 1 heterocycles. The van der Waals surface area contributed by atoms with E-state index in [1.807, 2.05) is 6.92 Å². The number of oxime groups is 1. The molecule has 0 aliphatic carbocycles. The number of benzene rings is 3. The first-order chi connectivity index (χ1) is 17.5. The van der Waals surface area contributed by atoms with Crippen LogP contribution in [0.1, 0.15) is 64.4 Å². The second-order valence-corrected chi connectivity index (χ2v) is 9.45. The van der Waals surface area contributed by atoms with Crippen LogP contribution in [-0.4, -0.2) is 30.1 Å². The molecule has 1 aliphatic heterocycles. The van der Waals surface area contributed by atoms with Gasteiger partial charge in [-0.15, -0.1) is 0 Å². The smallest absolute Gasteiger partial charge is 0.374 e. The van der Waals surface area contributed by atoms with Gasteiger partial charge in [-0.25, -0.2) is 0 Å². The summed E-state index contributed by atoms with van der Waals surface area (Å²) in [6.45, 7) is 7.72. The van der Waals surface area contributed by atoms with Crippen LogP contribution in [0, 0.1) is 20.8 Å². The first kappa shape index (κ1) is 26.4. The molecule has 0 bridgehead atoms. The Bertz CT molecular complexity index is 1390. The van der Waals surface area contributed by atoms with Crippen LogP contribution in [0.5, 0.6) is 0 Å². The van der Waals surface area contributed by atoms with Crippen LogP contribution in [0.4, 0.5) is 13.2 Å². The largest absolute Gasteiger partial charge is 0.435 e. The molecule has 0 radical (unpaired) electrons. The van der Waals surface area contributed by atoms with Crippen molar-refractivity contribution in [3.63, 3.8) is 0 Å². The summed E-state index contributed by atoms with van der Waals surface area (Å²) in [7, 11) is 0. The minimum atomic E-state index is -4.71. The van der Waals surface area contributed by atoms with Gasteiger partial charge in [0.1, 0.15) is 0 Å². The van der Waals surface area contributed by atoms with Crippen molar-refractivity contribution in [3.05, 3.63) is 81.9 Å². The molecule has 3 aromatic carbocycles. The highest BCUT2D eigenvalue weighted by molar-refractivity contribution is 6.17. The van der Waals surface area contributed by atoms with E-state index in [-0.39, 0.29) is 35.8 Å². The summed E-state index contributed by atoms with van der Waals surface area (Å²) in [4.78, 5) is 30.0. The molecule has 1 aliphatic rings. The number of Topliss-reactive ketones (excluding diaryl/α,β-unsaturated/α-hetero) is 1. The van der Waals surface area contributed by atoms with Crippen molar-refractivity contribution in [2.75, 3.05) is 6.54 Å². The van der Waals surface area contributed by atoms with Crippen molar-refractivity contribution in [2.24, 2.45) is 5.16 Å². The summed E-state index contributed by atoms with van der Waals surface area (Å²) in [6, 6.07) is 13.3. The van der Waals surface area contributed by atoms with Gasteiger partial charge >= 0.3 is 6.18 Å². The van der Waals surface area contributed by atoms with Gasteiger partial charge in [-0.05, 0) is 55.2 Å². The van der Waals surface area contributed by atoms with E-state index in [0.29, 0.717) is 28.4 Å². The molecule has 0 aromatic heterocycles. The molecule has 194 valence electrons. The Morgan fingerprint density at radius 3 is 2.27 bits per heavy atom. The normalized spacial score (nSPS) is 17.4. The number of carbonyl (C=O) groups excluding carboxylic acids is 2. The van der Waals surface area contributed by atoms with Crippen molar-refractivity contribution in [1.82, 2.24) is 5.32 Å². The Morgan fingerprint density at radius 2 is 1.65 bits per heavy atom. The van der Waals surface area contributed by atoms with E-state index in [4.69, 9.17) is 4.84 Å². The minimum Gasteiger partial charge on any atom is -0.374 e. The molecule has 4 rings (SSSR count). The third-order valence-electron chi connectivity index (χ3n) is 7.07. The monoisotopic (exact) mass is 510 g/mol. The molecule has 0 fully saturated rings. The molecule has 3 aromatic rings. The van der Waals surface area contributed by atoms with Gasteiger partial charge in [0.15, 0.2) is 5.78 Å². The molecule has 0 saturated carbocycles. The molecule has 0 saturated heterocycles. The molecule has 8 heteroatoms.